The van der Waals surface area contributed by atoms with E-state index in [2.05, 4.69) is 5.32 Å². The van der Waals surface area contributed by atoms with Crippen molar-refractivity contribution in [2.45, 2.75) is 31.2 Å². The van der Waals surface area contributed by atoms with Crippen LogP contribution in [0.4, 0.5) is 0 Å². The smallest absolute Gasteiger partial charge is 0.325 e. The van der Waals surface area contributed by atoms with E-state index in [0.717, 1.165) is 5.56 Å². The minimum absolute atomic E-state index is 0.234. The molecule has 1 aliphatic rings. The Morgan fingerprint density at radius 2 is 1.85 bits per heavy atom. The van der Waals surface area contributed by atoms with Crippen LogP contribution < -0.4 is 5.32 Å². The van der Waals surface area contributed by atoms with E-state index in [1.807, 2.05) is 30.3 Å². The first-order chi connectivity index (χ1) is 9.56. The van der Waals surface area contributed by atoms with Crippen molar-refractivity contribution in [3.8, 4) is 0 Å². The maximum absolute atomic E-state index is 12.6. The molecule has 1 aromatic rings. The molecule has 0 aliphatic carbocycles. The first-order valence-corrected chi connectivity index (χ1v) is 6.73. The van der Waals surface area contributed by atoms with E-state index in [0.29, 0.717) is 26.1 Å². The standard InChI is InChI=1S/C15H19NO4/c1-11(13(17)18)16-14(19)15(7-9-20-10-8-15)12-5-3-2-4-6-12/h2-6,11H,7-10H2,1H3,(H,16,19)(H,17,18)/t11-/m0/s1. The van der Waals surface area contributed by atoms with Crippen molar-refractivity contribution in [1.82, 2.24) is 5.32 Å². The van der Waals surface area contributed by atoms with E-state index in [-0.39, 0.29) is 5.91 Å². The van der Waals surface area contributed by atoms with E-state index in [4.69, 9.17) is 9.84 Å². The molecule has 20 heavy (non-hydrogen) atoms. The second-order valence-electron chi connectivity index (χ2n) is 5.09. The number of carbonyl (C=O) groups is 2. The van der Waals surface area contributed by atoms with E-state index >= 15 is 0 Å². The molecule has 5 heteroatoms. The zero-order valence-corrected chi connectivity index (χ0v) is 11.5. The number of carboxylic acids is 1. The SMILES string of the molecule is C[C@H](NC(=O)C1(c2ccccc2)CCOCC1)C(=O)O. The van der Waals surface area contributed by atoms with Gasteiger partial charge in [0, 0.05) is 13.2 Å². The number of carboxylic acid groups (broad SMARTS) is 1. The molecule has 1 fully saturated rings. The highest BCUT2D eigenvalue weighted by atomic mass is 16.5. The fourth-order valence-corrected chi connectivity index (χ4v) is 2.52. The maximum Gasteiger partial charge on any atom is 0.325 e. The average Bonchev–Trinajstić information content (AvgIpc) is 2.48. The summed E-state index contributed by atoms with van der Waals surface area (Å²) in [7, 11) is 0. The van der Waals surface area contributed by atoms with Crippen LogP contribution in [0.5, 0.6) is 0 Å². The van der Waals surface area contributed by atoms with Gasteiger partial charge in [0.2, 0.25) is 5.91 Å². The van der Waals surface area contributed by atoms with Crippen LogP contribution in [0.2, 0.25) is 0 Å². The van der Waals surface area contributed by atoms with Gasteiger partial charge >= 0.3 is 5.97 Å². The number of hydrogen-bond donors (Lipinski definition) is 2. The van der Waals surface area contributed by atoms with Crippen LogP contribution in [0.25, 0.3) is 0 Å². The number of aliphatic carboxylic acids is 1. The molecular formula is C15H19NO4. The second kappa shape index (κ2) is 6.05. The Kier molecular flexibility index (Phi) is 4.39. The minimum Gasteiger partial charge on any atom is -0.480 e. The Bertz CT molecular complexity index is 480. The Morgan fingerprint density at radius 3 is 2.40 bits per heavy atom. The van der Waals surface area contributed by atoms with Gasteiger partial charge in [-0.05, 0) is 25.3 Å². The summed E-state index contributed by atoms with van der Waals surface area (Å²) in [6.07, 6.45) is 1.13. The molecule has 0 bridgehead atoms. The number of ether oxygens (including phenoxy) is 1. The number of amides is 1. The van der Waals surface area contributed by atoms with E-state index in [9.17, 15) is 9.59 Å². The fourth-order valence-electron chi connectivity index (χ4n) is 2.52. The maximum atomic E-state index is 12.6. The number of rotatable bonds is 4. The lowest BCUT2D eigenvalue weighted by molar-refractivity contribution is -0.143. The number of carbonyl (C=O) groups excluding carboxylic acids is 1. The van der Waals surface area contributed by atoms with Crippen LogP contribution in [0.3, 0.4) is 0 Å². The molecule has 1 heterocycles. The third-order valence-corrected chi connectivity index (χ3v) is 3.83. The fraction of sp³-hybridized carbons (Fsp3) is 0.467. The van der Waals surface area contributed by atoms with Crippen molar-refractivity contribution in [2.75, 3.05) is 13.2 Å². The summed E-state index contributed by atoms with van der Waals surface area (Å²) in [5.74, 6) is -1.27. The quantitative estimate of drug-likeness (QED) is 0.870. The highest BCUT2D eigenvalue weighted by molar-refractivity contribution is 5.91. The number of benzene rings is 1. The van der Waals surface area contributed by atoms with Crippen molar-refractivity contribution in [3.63, 3.8) is 0 Å². The third-order valence-electron chi connectivity index (χ3n) is 3.83. The third kappa shape index (κ3) is 2.82. The summed E-state index contributed by atoms with van der Waals surface area (Å²) in [6.45, 7) is 2.48. The van der Waals surface area contributed by atoms with Crippen molar-refractivity contribution in [1.29, 1.82) is 0 Å². The summed E-state index contributed by atoms with van der Waals surface area (Å²) in [5, 5.41) is 11.5. The molecule has 2 N–H and O–H groups in total. The zero-order chi connectivity index (χ0) is 14.6. The first-order valence-electron chi connectivity index (χ1n) is 6.73. The first kappa shape index (κ1) is 14.5. The average molecular weight is 277 g/mol. The van der Waals surface area contributed by atoms with Crippen molar-refractivity contribution < 1.29 is 19.4 Å². The lowest BCUT2D eigenvalue weighted by Crippen LogP contribution is -2.52. The largest absolute Gasteiger partial charge is 0.480 e. The van der Waals surface area contributed by atoms with Gasteiger partial charge in [-0.2, -0.15) is 0 Å². The van der Waals surface area contributed by atoms with Crippen molar-refractivity contribution in [2.24, 2.45) is 0 Å². The van der Waals surface area contributed by atoms with E-state index in [1.54, 1.807) is 0 Å². The Balaban J connectivity index is 2.28. The molecule has 1 amide bonds. The number of nitrogens with one attached hydrogen (secondary N) is 1. The molecular weight excluding hydrogens is 258 g/mol. The summed E-state index contributed by atoms with van der Waals surface area (Å²) < 4.78 is 5.35. The highest BCUT2D eigenvalue weighted by Gasteiger charge is 2.42. The van der Waals surface area contributed by atoms with Gasteiger partial charge in [-0.15, -0.1) is 0 Å². The molecule has 1 saturated heterocycles. The molecule has 5 nitrogen and oxygen atoms in total. The molecule has 0 unspecified atom stereocenters. The Morgan fingerprint density at radius 1 is 1.25 bits per heavy atom. The lowest BCUT2D eigenvalue weighted by atomic mass is 9.73. The van der Waals surface area contributed by atoms with E-state index < -0.39 is 17.4 Å². The molecule has 2 rings (SSSR count). The summed E-state index contributed by atoms with van der Waals surface area (Å²) in [6, 6.07) is 8.60. The van der Waals surface area contributed by atoms with Gasteiger partial charge in [-0.1, -0.05) is 30.3 Å². The van der Waals surface area contributed by atoms with E-state index in [1.165, 1.54) is 6.92 Å². The van der Waals surface area contributed by atoms with Crippen molar-refractivity contribution >= 4 is 11.9 Å². The molecule has 1 atom stereocenters. The molecule has 1 aliphatic heterocycles. The van der Waals surface area contributed by atoms with Gasteiger partial charge in [0.15, 0.2) is 0 Å². The van der Waals surface area contributed by atoms with Gasteiger partial charge in [-0.25, -0.2) is 0 Å². The van der Waals surface area contributed by atoms with Gasteiger partial charge < -0.3 is 15.2 Å². The van der Waals surface area contributed by atoms with Crippen LogP contribution in [0, 0.1) is 0 Å². The van der Waals surface area contributed by atoms with Crippen LogP contribution in [-0.4, -0.2) is 36.2 Å². The monoisotopic (exact) mass is 277 g/mol. The summed E-state index contributed by atoms with van der Waals surface area (Å²) in [5.41, 5.74) is 0.224. The van der Waals surface area contributed by atoms with Gasteiger partial charge in [0.1, 0.15) is 6.04 Å². The topological polar surface area (TPSA) is 75.6 Å². The predicted octanol–water partition coefficient (Wildman–Crippen LogP) is 1.32. The highest BCUT2D eigenvalue weighted by Crippen LogP contribution is 2.35. The second-order valence-corrected chi connectivity index (χ2v) is 5.09. The molecule has 0 saturated carbocycles. The van der Waals surface area contributed by atoms with Crippen LogP contribution >= 0.6 is 0 Å². The van der Waals surface area contributed by atoms with Crippen LogP contribution in [0.15, 0.2) is 30.3 Å². The lowest BCUT2D eigenvalue weighted by Gasteiger charge is -2.36. The number of hydrogen-bond acceptors (Lipinski definition) is 3. The molecule has 0 radical (unpaired) electrons. The predicted molar refractivity (Wildman–Crippen MR) is 73.4 cm³/mol. The van der Waals surface area contributed by atoms with Crippen molar-refractivity contribution in [3.05, 3.63) is 35.9 Å². The van der Waals surface area contributed by atoms with Gasteiger partial charge in [-0.3, -0.25) is 9.59 Å². The normalized spacial score (nSPS) is 19.1. The molecule has 108 valence electrons. The molecule has 0 spiro atoms. The van der Waals surface area contributed by atoms with Crippen LogP contribution in [0.1, 0.15) is 25.3 Å². The molecule has 1 aromatic carbocycles. The zero-order valence-electron chi connectivity index (χ0n) is 11.5. The summed E-state index contributed by atoms with van der Waals surface area (Å²) >= 11 is 0. The Labute approximate surface area is 117 Å². The summed E-state index contributed by atoms with van der Waals surface area (Å²) in [4.78, 5) is 23.5. The minimum atomic E-state index is -1.03. The Hall–Kier alpha value is -1.88. The van der Waals surface area contributed by atoms with Gasteiger partial charge in [0.25, 0.3) is 0 Å². The van der Waals surface area contributed by atoms with Gasteiger partial charge in [0.05, 0.1) is 5.41 Å². The molecule has 0 aromatic heterocycles. The van der Waals surface area contributed by atoms with Crippen LogP contribution in [-0.2, 0) is 19.7 Å².